The summed E-state index contributed by atoms with van der Waals surface area (Å²) >= 11 is 3.39. The van der Waals surface area contributed by atoms with Gasteiger partial charge in [-0.25, -0.2) is 4.98 Å². The second-order valence-electron chi connectivity index (χ2n) is 4.01. The normalized spacial score (nSPS) is 20.5. The number of rotatable bonds is 3. The maximum absolute atomic E-state index is 4.37. The maximum atomic E-state index is 4.37. The summed E-state index contributed by atoms with van der Waals surface area (Å²) in [5.74, 6) is 1.03. The number of nitrogens with one attached hydrogen (secondary N) is 1. The lowest BCUT2D eigenvalue weighted by Crippen LogP contribution is -2.35. The number of hydrogen-bond donors (Lipinski definition) is 1. The molecule has 0 spiro atoms. The first-order chi connectivity index (χ1) is 7.25. The van der Waals surface area contributed by atoms with E-state index in [9.17, 15) is 0 Å². The Morgan fingerprint density at radius 1 is 1.60 bits per heavy atom. The summed E-state index contributed by atoms with van der Waals surface area (Å²) in [4.78, 5) is 6.58. The Bertz CT molecular complexity index is 306. The molecule has 2 rings (SSSR count). The van der Waals surface area contributed by atoms with E-state index in [4.69, 9.17) is 0 Å². The molecule has 0 saturated carbocycles. The molecule has 2 heterocycles. The molecule has 1 saturated heterocycles. The fraction of sp³-hybridized carbons (Fsp3) is 0.545. The van der Waals surface area contributed by atoms with Crippen LogP contribution in [-0.4, -0.2) is 31.2 Å². The third-order valence-corrected chi connectivity index (χ3v) is 3.23. The van der Waals surface area contributed by atoms with Gasteiger partial charge in [0.15, 0.2) is 0 Å². The molecule has 0 amide bonds. The van der Waals surface area contributed by atoms with Crippen LogP contribution in [-0.2, 0) is 0 Å². The first-order valence-corrected chi connectivity index (χ1v) is 6.11. The van der Waals surface area contributed by atoms with Crippen LogP contribution in [0, 0.1) is 0 Å². The standard InChI is InChI=1S/C11H16BrN3/c1-15(8-10-3-2-6-13-10)11-5-4-9(12)7-14-11/h4-5,7,10,13H,2-3,6,8H2,1H3/t10-/m0/s1. The van der Waals surface area contributed by atoms with Crippen LogP contribution < -0.4 is 10.2 Å². The maximum Gasteiger partial charge on any atom is 0.128 e. The van der Waals surface area contributed by atoms with Gasteiger partial charge in [0.1, 0.15) is 5.82 Å². The van der Waals surface area contributed by atoms with E-state index in [-0.39, 0.29) is 0 Å². The van der Waals surface area contributed by atoms with E-state index in [1.54, 1.807) is 0 Å². The Labute approximate surface area is 99.0 Å². The van der Waals surface area contributed by atoms with Crippen LogP contribution in [0.25, 0.3) is 0 Å². The second-order valence-corrected chi connectivity index (χ2v) is 4.92. The third-order valence-electron chi connectivity index (χ3n) is 2.76. The zero-order valence-electron chi connectivity index (χ0n) is 8.91. The van der Waals surface area contributed by atoms with Crippen molar-refractivity contribution < 1.29 is 0 Å². The molecular formula is C11H16BrN3. The van der Waals surface area contributed by atoms with E-state index in [1.165, 1.54) is 12.8 Å². The van der Waals surface area contributed by atoms with Crippen LogP contribution in [0.5, 0.6) is 0 Å². The van der Waals surface area contributed by atoms with Crippen molar-refractivity contribution in [3.63, 3.8) is 0 Å². The molecule has 1 aliphatic heterocycles. The summed E-state index contributed by atoms with van der Waals surface area (Å²) < 4.78 is 1.03. The average Bonchev–Trinajstić information content (AvgIpc) is 2.71. The van der Waals surface area contributed by atoms with Gasteiger partial charge in [-0.15, -0.1) is 0 Å². The Balaban J connectivity index is 1.94. The number of nitrogens with zero attached hydrogens (tertiary/aromatic N) is 2. The number of halogens is 1. The van der Waals surface area contributed by atoms with E-state index in [2.05, 4.69) is 38.2 Å². The topological polar surface area (TPSA) is 28.2 Å². The second kappa shape index (κ2) is 4.94. The number of likely N-dealkylation sites (N-methyl/N-ethyl adjacent to an activating group) is 1. The minimum Gasteiger partial charge on any atom is -0.358 e. The SMILES string of the molecule is CN(C[C@@H]1CCCN1)c1ccc(Br)cn1. The van der Waals surface area contributed by atoms with Crippen LogP contribution in [0.15, 0.2) is 22.8 Å². The monoisotopic (exact) mass is 269 g/mol. The molecule has 3 nitrogen and oxygen atoms in total. The quantitative estimate of drug-likeness (QED) is 0.911. The molecule has 1 aromatic heterocycles. The van der Waals surface area contributed by atoms with Gasteiger partial charge in [0.05, 0.1) is 0 Å². The van der Waals surface area contributed by atoms with Crippen molar-refractivity contribution in [2.75, 3.05) is 25.0 Å². The minimum absolute atomic E-state index is 0.625. The molecule has 0 bridgehead atoms. The largest absolute Gasteiger partial charge is 0.358 e. The zero-order chi connectivity index (χ0) is 10.7. The predicted molar refractivity (Wildman–Crippen MR) is 66.2 cm³/mol. The Morgan fingerprint density at radius 2 is 2.47 bits per heavy atom. The van der Waals surface area contributed by atoms with Gasteiger partial charge in [-0.05, 0) is 47.4 Å². The molecule has 0 unspecified atom stereocenters. The van der Waals surface area contributed by atoms with Crippen molar-refractivity contribution in [1.82, 2.24) is 10.3 Å². The van der Waals surface area contributed by atoms with E-state index < -0.39 is 0 Å². The number of aromatic nitrogens is 1. The predicted octanol–water partition coefficient (Wildman–Crippen LogP) is 2.03. The first-order valence-electron chi connectivity index (χ1n) is 5.32. The average molecular weight is 270 g/mol. The van der Waals surface area contributed by atoms with E-state index >= 15 is 0 Å². The molecule has 15 heavy (non-hydrogen) atoms. The van der Waals surface area contributed by atoms with Gasteiger partial charge in [-0.1, -0.05) is 0 Å². The lowest BCUT2D eigenvalue weighted by atomic mass is 10.2. The molecule has 82 valence electrons. The van der Waals surface area contributed by atoms with Crippen LogP contribution in [0.2, 0.25) is 0 Å². The highest BCUT2D eigenvalue weighted by Gasteiger charge is 2.16. The van der Waals surface area contributed by atoms with Crippen molar-refractivity contribution in [3.8, 4) is 0 Å². The fourth-order valence-corrected chi connectivity index (χ4v) is 2.17. The first kappa shape index (κ1) is 10.9. The Kier molecular flexibility index (Phi) is 3.59. The number of pyridine rings is 1. The minimum atomic E-state index is 0.625. The van der Waals surface area contributed by atoms with Gasteiger partial charge in [0, 0.05) is 30.3 Å². The van der Waals surface area contributed by atoms with Crippen molar-refractivity contribution in [1.29, 1.82) is 0 Å². The van der Waals surface area contributed by atoms with Gasteiger partial charge in [0.25, 0.3) is 0 Å². The highest BCUT2D eigenvalue weighted by molar-refractivity contribution is 9.10. The smallest absolute Gasteiger partial charge is 0.128 e. The third kappa shape index (κ3) is 2.92. The Morgan fingerprint density at radius 3 is 3.07 bits per heavy atom. The van der Waals surface area contributed by atoms with E-state index in [1.807, 2.05) is 18.3 Å². The van der Waals surface area contributed by atoms with E-state index in [0.717, 1.165) is 23.4 Å². The Hall–Kier alpha value is -0.610. The summed E-state index contributed by atoms with van der Waals surface area (Å²) in [6, 6.07) is 4.69. The summed E-state index contributed by atoms with van der Waals surface area (Å²) in [6.45, 7) is 2.20. The molecule has 0 aromatic carbocycles. The van der Waals surface area contributed by atoms with Crippen molar-refractivity contribution in [2.45, 2.75) is 18.9 Å². The fourth-order valence-electron chi connectivity index (χ4n) is 1.93. The molecule has 1 aromatic rings. The van der Waals surface area contributed by atoms with Crippen LogP contribution in [0.1, 0.15) is 12.8 Å². The van der Waals surface area contributed by atoms with E-state index in [0.29, 0.717) is 6.04 Å². The highest BCUT2D eigenvalue weighted by Crippen LogP contribution is 2.15. The molecule has 0 radical (unpaired) electrons. The highest BCUT2D eigenvalue weighted by atomic mass is 79.9. The molecule has 0 aliphatic carbocycles. The van der Waals surface area contributed by atoms with Gasteiger partial charge in [-0.2, -0.15) is 0 Å². The van der Waals surface area contributed by atoms with Crippen LogP contribution in [0.3, 0.4) is 0 Å². The van der Waals surface area contributed by atoms with Gasteiger partial charge in [-0.3, -0.25) is 0 Å². The van der Waals surface area contributed by atoms with Crippen molar-refractivity contribution >= 4 is 21.7 Å². The lowest BCUT2D eigenvalue weighted by molar-refractivity contribution is 0.597. The molecular weight excluding hydrogens is 254 g/mol. The van der Waals surface area contributed by atoms with Gasteiger partial charge in [0.2, 0.25) is 0 Å². The van der Waals surface area contributed by atoms with Crippen molar-refractivity contribution in [3.05, 3.63) is 22.8 Å². The van der Waals surface area contributed by atoms with Crippen LogP contribution in [0.4, 0.5) is 5.82 Å². The van der Waals surface area contributed by atoms with Crippen molar-refractivity contribution in [2.24, 2.45) is 0 Å². The molecule has 1 fully saturated rings. The molecule has 1 aliphatic rings. The van der Waals surface area contributed by atoms with Gasteiger partial charge < -0.3 is 10.2 Å². The lowest BCUT2D eigenvalue weighted by Gasteiger charge is -2.22. The molecule has 4 heteroatoms. The number of hydrogen-bond acceptors (Lipinski definition) is 3. The summed E-state index contributed by atoms with van der Waals surface area (Å²) in [7, 11) is 2.09. The summed E-state index contributed by atoms with van der Waals surface area (Å²) in [5.41, 5.74) is 0. The summed E-state index contributed by atoms with van der Waals surface area (Å²) in [6.07, 6.45) is 4.42. The van der Waals surface area contributed by atoms with Crippen LogP contribution >= 0.6 is 15.9 Å². The van der Waals surface area contributed by atoms with Gasteiger partial charge >= 0.3 is 0 Å². The number of anilines is 1. The molecule has 1 N–H and O–H groups in total. The summed E-state index contributed by atoms with van der Waals surface area (Å²) in [5, 5.41) is 3.49. The molecule has 1 atom stereocenters. The zero-order valence-corrected chi connectivity index (χ0v) is 10.5.